The van der Waals surface area contributed by atoms with Gasteiger partial charge in [0.15, 0.2) is 9.84 Å². The fourth-order valence-corrected chi connectivity index (χ4v) is 5.15. The van der Waals surface area contributed by atoms with Crippen LogP contribution < -0.4 is 0 Å². The van der Waals surface area contributed by atoms with Crippen molar-refractivity contribution in [2.24, 2.45) is 5.92 Å². The second-order valence-corrected chi connectivity index (χ2v) is 9.34. The molecule has 2 aromatic heterocycles. The van der Waals surface area contributed by atoms with Gasteiger partial charge in [0.2, 0.25) is 5.91 Å². The minimum atomic E-state index is -3.46. The Morgan fingerprint density at radius 1 is 1.15 bits per heavy atom. The third-order valence-corrected chi connectivity index (χ3v) is 6.64. The molecule has 2 aromatic rings. The van der Waals surface area contributed by atoms with Gasteiger partial charge >= 0.3 is 0 Å². The zero-order valence-electron chi connectivity index (χ0n) is 14.8. The highest BCUT2D eigenvalue weighted by atomic mass is 32.2. The minimum Gasteiger partial charge on any atom is -0.342 e. The molecular weight excluding hydrogens is 354 g/mol. The molecule has 26 heavy (non-hydrogen) atoms. The minimum absolute atomic E-state index is 0.0916. The van der Waals surface area contributed by atoms with Crippen molar-refractivity contribution in [3.63, 3.8) is 0 Å². The molecular formula is C17H23N5O3S. The molecule has 0 bridgehead atoms. The molecule has 3 heterocycles. The standard InChI is InChI=1S/C17H23N5O3S/c1-26(24,25)14-9-18-17-19-11-20-22(17)15(14)13-7-4-8-21(10-13)16(23)12-5-2-3-6-12/h9,11-13H,2-8,10H2,1H3/t13-/m1/s1. The SMILES string of the molecule is CS(=O)(=O)c1cnc2ncnn2c1[C@@H]1CCCN(C(=O)C2CCCC2)C1. The summed E-state index contributed by atoms with van der Waals surface area (Å²) < 4.78 is 26.1. The van der Waals surface area contributed by atoms with Gasteiger partial charge in [-0.05, 0) is 25.7 Å². The van der Waals surface area contributed by atoms with E-state index in [0.29, 0.717) is 18.0 Å². The second kappa shape index (κ2) is 6.61. The predicted octanol–water partition coefficient (Wildman–Crippen LogP) is 1.42. The van der Waals surface area contributed by atoms with E-state index < -0.39 is 9.84 Å². The monoisotopic (exact) mass is 377 g/mol. The van der Waals surface area contributed by atoms with Gasteiger partial charge in [0.25, 0.3) is 5.78 Å². The number of hydrogen-bond donors (Lipinski definition) is 0. The van der Waals surface area contributed by atoms with Gasteiger partial charge in [0.1, 0.15) is 11.2 Å². The first-order chi connectivity index (χ1) is 12.4. The molecule has 0 N–H and O–H groups in total. The number of carbonyl (C=O) groups excluding carboxylic acids is 1. The summed E-state index contributed by atoms with van der Waals surface area (Å²) in [6.45, 7) is 1.27. The molecule has 2 fully saturated rings. The van der Waals surface area contributed by atoms with Crippen molar-refractivity contribution in [2.45, 2.75) is 49.3 Å². The van der Waals surface area contributed by atoms with E-state index in [1.54, 1.807) is 0 Å². The molecule has 0 radical (unpaired) electrons. The van der Waals surface area contributed by atoms with E-state index in [2.05, 4.69) is 15.1 Å². The zero-order chi connectivity index (χ0) is 18.3. The van der Waals surface area contributed by atoms with E-state index in [-0.39, 0.29) is 22.6 Å². The first kappa shape index (κ1) is 17.4. The topological polar surface area (TPSA) is 97.5 Å². The van der Waals surface area contributed by atoms with Gasteiger partial charge in [-0.3, -0.25) is 4.79 Å². The predicted molar refractivity (Wildman–Crippen MR) is 94.4 cm³/mol. The molecule has 1 atom stereocenters. The number of carbonyl (C=O) groups is 1. The Morgan fingerprint density at radius 3 is 2.65 bits per heavy atom. The molecule has 0 unspecified atom stereocenters. The highest BCUT2D eigenvalue weighted by Crippen LogP contribution is 2.33. The molecule has 2 aliphatic rings. The summed E-state index contributed by atoms with van der Waals surface area (Å²) >= 11 is 0. The number of likely N-dealkylation sites (tertiary alicyclic amines) is 1. The van der Waals surface area contributed by atoms with Crippen LogP contribution >= 0.6 is 0 Å². The lowest BCUT2D eigenvalue weighted by Gasteiger charge is -2.35. The Kier molecular flexibility index (Phi) is 4.42. The lowest BCUT2D eigenvalue weighted by molar-refractivity contribution is -0.136. The molecule has 1 amide bonds. The molecule has 1 saturated heterocycles. The van der Waals surface area contributed by atoms with Crippen molar-refractivity contribution in [2.75, 3.05) is 19.3 Å². The normalized spacial score (nSPS) is 22.2. The van der Waals surface area contributed by atoms with Crippen LogP contribution in [0.25, 0.3) is 5.78 Å². The summed E-state index contributed by atoms with van der Waals surface area (Å²) in [6.07, 6.45) is 9.77. The summed E-state index contributed by atoms with van der Waals surface area (Å²) in [5.74, 6) is 0.640. The Balaban J connectivity index is 1.70. The first-order valence-electron chi connectivity index (χ1n) is 9.12. The van der Waals surface area contributed by atoms with Gasteiger partial charge in [-0.1, -0.05) is 12.8 Å². The highest BCUT2D eigenvalue weighted by Gasteiger charge is 2.34. The van der Waals surface area contributed by atoms with Crippen LogP contribution in [0.5, 0.6) is 0 Å². The Bertz CT molecular complexity index is 933. The number of fused-ring (bicyclic) bond motifs is 1. The molecule has 9 heteroatoms. The Hall–Kier alpha value is -2.03. The van der Waals surface area contributed by atoms with Crippen LogP contribution in [-0.2, 0) is 14.6 Å². The van der Waals surface area contributed by atoms with Crippen LogP contribution in [0.1, 0.15) is 50.1 Å². The van der Waals surface area contributed by atoms with Crippen molar-refractivity contribution < 1.29 is 13.2 Å². The number of piperidine rings is 1. The number of nitrogens with zero attached hydrogens (tertiary/aromatic N) is 5. The third kappa shape index (κ3) is 3.08. The van der Waals surface area contributed by atoms with Crippen LogP contribution in [0, 0.1) is 5.92 Å². The van der Waals surface area contributed by atoms with E-state index in [0.717, 1.165) is 45.1 Å². The average Bonchev–Trinajstić information content (AvgIpc) is 3.30. The van der Waals surface area contributed by atoms with Gasteiger partial charge < -0.3 is 4.90 Å². The number of rotatable bonds is 3. The number of sulfone groups is 1. The van der Waals surface area contributed by atoms with E-state index in [1.165, 1.54) is 23.3 Å². The molecule has 1 aliphatic carbocycles. The molecule has 0 aromatic carbocycles. The number of hydrogen-bond acceptors (Lipinski definition) is 6. The number of amides is 1. The largest absolute Gasteiger partial charge is 0.342 e. The van der Waals surface area contributed by atoms with Gasteiger partial charge in [-0.2, -0.15) is 14.6 Å². The second-order valence-electron chi connectivity index (χ2n) is 7.36. The summed E-state index contributed by atoms with van der Waals surface area (Å²) in [6, 6.07) is 0. The molecule has 1 aliphatic heterocycles. The fraction of sp³-hybridized carbons (Fsp3) is 0.647. The molecule has 0 spiro atoms. The van der Waals surface area contributed by atoms with Gasteiger partial charge in [0, 0.05) is 31.2 Å². The Labute approximate surface area is 152 Å². The highest BCUT2D eigenvalue weighted by molar-refractivity contribution is 7.90. The Morgan fingerprint density at radius 2 is 1.92 bits per heavy atom. The van der Waals surface area contributed by atoms with Crippen LogP contribution in [0.3, 0.4) is 0 Å². The third-order valence-electron chi connectivity index (χ3n) is 5.53. The summed E-state index contributed by atoms with van der Waals surface area (Å²) in [7, 11) is -3.46. The molecule has 4 rings (SSSR count). The number of aromatic nitrogens is 4. The quantitative estimate of drug-likeness (QED) is 0.802. The average molecular weight is 377 g/mol. The summed E-state index contributed by atoms with van der Waals surface area (Å²) in [5.41, 5.74) is 0.596. The van der Waals surface area contributed by atoms with Crippen molar-refractivity contribution in [3.05, 3.63) is 18.2 Å². The molecule has 1 saturated carbocycles. The van der Waals surface area contributed by atoms with E-state index in [9.17, 15) is 13.2 Å². The van der Waals surface area contributed by atoms with Crippen LogP contribution in [0.4, 0.5) is 0 Å². The van der Waals surface area contributed by atoms with Crippen molar-refractivity contribution in [3.8, 4) is 0 Å². The fourth-order valence-electron chi connectivity index (χ4n) is 4.27. The smallest absolute Gasteiger partial charge is 0.252 e. The van der Waals surface area contributed by atoms with Crippen LogP contribution in [-0.4, -0.2) is 58.2 Å². The van der Waals surface area contributed by atoms with Gasteiger partial charge in [-0.25, -0.2) is 13.4 Å². The van der Waals surface area contributed by atoms with Crippen LogP contribution in [0.2, 0.25) is 0 Å². The zero-order valence-corrected chi connectivity index (χ0v) is 15.7. The first-order valence-corrected chi connectivity index (χ1v) is 11.0. The lowest BCUT2D eigenvalue weighted by Crippen LogP contribution is -2.42. The van der Waals surface area contributed by atoms with Gasteiger partial charge in [0.05, 0.1) is 11.9 Å². The lowest BCUT2D eigenvalue weighted by atomic mass is 9.93. The molecule has 8 nitrogen and oxygen atoms in total. The van der Waals surface area contributed by atoms with E-state index >= 15 is 0 Å². The van der Waals surface area contributed by atoms with Crippen molar-refractivity contribution in [1.29, 1.82) is 0 Å². The summed E-state index contributed by atoms with van der Waals surface area (Å²) in [5, 5.41) is 4.19. The summed E-state index contributed by atoms with van der Waals surface area (Å²) in [4.78, 5) is 23.1. The maximum absolute atomic E-state index is 12.8. The van der Waals surface area contributed by atoms with Crippen molar-refractivity contribution in [1.82, 2.24) is 24.5 Å². The van der Waals surface area contributed by atoms with Gasteiger partial charge in [-0.15, -0.1) is 0 Å². The van der Waals surface area contributed by atoms with E-state index in [1.807, 2.05) is 4.90 Å². The maximum atomic E-state index is 12.8. The van der Waals surface area contributed by atoms with E-state index in [4.69, 9.17) is 0 Å². The van der Waals surface area contributed by atoms with Crippen molar-refractivity contribution >= 4 is 21.5 Å². The maximum Gasteiger partial charge on any atom is 0.252 e. The van der Waals surface area contributed by atoms with Crippen LogP contribution in [0.15, 0.2) is 17.4 Å². The molecule has 140 valence electrons.